The number of likely N-dealkylation sites (tertiary alicyclic amines) is 1. The van der Waals surface area contributed by atoms with Crippen LogP contribution in [-0.4, -0.2) is 67.2 Å². The molecule has 7 nitrogen and oxygen atoms in total. The number of carbonyl (C=O) groups is 2. The number of rotatable bonds is 8. The molecule has 0 aromatic heterocycles. The van der Waals surface area contributed by atoms with E-state index in [0.29, 0.717) is 25.4 Å². The van der Waals surface area contributed by atoms with Gasteiger partial charge in [0.2, 0.25) is 0 Å². The monoisotopic (exact) mass is 377 g/mol. The van der Waals surface area contributed by atoms with Crippen molar-refractivity contribution in [1.82, 2.24) is 15.1 Å². The molecule has 2 rings (SSSR count). The number of carbonyl (C=O) groups excluding carboxylic acids is 2. The molecule has 1 aliphatic rings. The second kappa shape index (κ2) is 10.6. The third kappa shape index (κ3) is 6.34. The second-order valence-corrected chi connectivity index (χ2v) is 6.48. The van der Waals surface area contributed by atoms with Crippen molar-refractivity contribution in [1.29, 1.82) is 0 Å². The molecule has 1 N–H and O–H groups in total. The molecule has 0 unspecified atom stereocenters. The van der Waals surface area contributed by atoms with Crippen molar-refractivity contribution in [2.45, 2.75) is 39.7 Å². The highest BCUT2D eigenvalue weighted by Gasteiger charge is 2.25. The first-order valence-corrected chi connectivity index (χ1v) is 9.76. The van der Waals surface area contributed by atoms with Crippen LogP contribution in [0.2, 0.25) is 0 Å². The Morgan fingerprint density at radius 3 is 2.11 bits per heavy atom. The fraction of sp³-hybridized carbons (Fsp3) is 0.600. The fourth-order valence-corrected chi connectivity index (χ4v) is 3.13. The first-order chi connectivity index (χ1) is 13.1. The molecule has 1 aliphatic heterocycles. The Bertz CT molecular complexity index is 594. The Balaban J connectivity index is 1.70. The zero-order valence-corrected chi connectivity index (χ0v) is 16.6. The Hall–Kier alpha value is -2.44. The number of hydrogen-bond acceptors (Lipinski definition) is 4. The number of benzene rings is 1. The molecule has 0 radical (unpaired) electrons. The Kier molecular flexibility index (Phi) is 8.23. The third-order valence-electron chi connectivity index (χ3n) is 4.67. The van der Waals surface area contributed by atoms with E-state index in [9.17, 15) is 9.59 Å². The minimum atomic E-state index is -0.141. The van der Waals surface area contributed by atoms with Crippen molar-refractivity contribution in [2.24, 2.45) is 0 Å². The average molecular weight is 377 g/mol. The van der Waals surface area contributed by atoms with Crippen molar-refractivity contribution in [3.05, 3.63) is 24.3 Å². The van der Waals surface area contributed by atoms with Gasteiger partial charge in [-0.1, -0.05) is 0 Å². The van der Waals surface area contributed by atoms with E-state index in [2.05, 4.69) is 5.32 Å². The minimum absolute atomic E-state index is 0.0213. The van der Waals surface area contributed by atoms with Crippen molar-refractivity contribution >= 4 is 11.9 Å². The minimum Gasteiger partial charge on any atom is -0.494 e. The molecule has 0 atom stereocenters. The summed E-state index contributed by atoms with van der Waals surface area (Å²) in [7, 11) is 0. The largest absolute Gasteiger partial charge is 0.494 e. The number of ether oxygens (including phenoxy) is 2. The smallest absolute Gasteiger partial charge is 0.319 e. The molecule has 1 saturated heterocycles. The summed E-state index contributed by atoms with van der Waals surface area (Å²) in [4.78, 5) is 28.2. The Morgan fingerprint density at radius 1 is 1.04 bits per heavy atom. The summed E-state index contributed by atoms with van der Waals surface area (Å²) in [6.45, 7) is 9.26. The summed E-state index contributed by atoms with van der Waals surface area (Å²) in [5, 5.41) is 3.00. The maximum Gasteiger partial charge on any atom is 0.319 e. The summed E-state index contributed by atoms with van der Waals surface area (Å²) in [5.41, 5.74) is 0. The van der Waals surface area contributed by atoms with Gasteiger partial charge in [0.1, 0.15) is 11.5 Å². The van der Waals surface area contributed by atoms with Crippen LogP contribution in [0.25, 0.3) is 0 Å². The number of nitrogens with zero attached hydrogens (tertiary/aromatic N) is 2. The Labute approximate surface area is 161 Å². The molecule has 7 heteroatoms. The van der Waals surface area contributed by atoms with Gasteiger partial charge in [0.05, 0.1) is 6.61 Å². The fourth-order valence-electron chi connectivity index (χ4n) is 3.13. The van der Waals surface area contributed by atoms with Gasteiger partial charge in [-0.05, 0) is 57.9 Å². The van der Waals surface area contributed by atoms with Crippen LogP contribution in [-0.2, 0) is 4.79 Å². The first-order valence-electron chi connectivity index (χ1n) is 9.76. The summed E-state index contributed by atoms with van der Waals surface area (Å²) >= 11 is 0. The normalized spacial score (nSPS) is 14.6. The lowest BCUT2D eigenvalue weighted by Crippen LogP contribution is -2.51. The van der Waals surface area contributed by atoms with Crippen LogP contribution in [0.15, 0.2) is 24.3 Å². The number of amides is 3. The SMILES string of the molecule is CCOc1ccc(OCC(=O)NC2CCN(C(=O)N(CC)CC)CC2)cc1. The third-order valence-corrected chi connectivity index (χ3v) is 4.67. The van der Waals surface area contributed by atoms with Gasteiger partial charge in [0.15, 0.2) is 6.61 Å². The van der Waals surface area contributed by atoms with Crippen LogP contribution in [0.3, 0.4) is 0 Å². The van der Waals surface area contributed by atoms with Gasteiger partial charge in [-0.2, -0.15) is 0 Å². The highest BCUT2D eigenvalue weighted by Crippen LogP contribution is 2.17. The molecule has 1 heterocycles. The van der Waals surface area contributed by atoms with E-state index in [4.69, 9.17) is 9.47 Å². The predicted octanol–water partition coefficient (Wildman–Crippen LogP) is 2.51. The van der Waals surface area contributed by atoms with Gasteiger partial charge < -0.3 is 24.6 Å². The zero-order chi connectivity index (χ0) is 19.6. The topological polar surface area (TPSA) is 71.1 Å². The molecule has 1 fully saturated rings. The van der Waals surface area contributed by atoms with Gasteiger partial charge in [-0.3, -0.25) is 4.79 Å². The lowest BCUT2D eigenvalue weighted by molar-refractivity contribution is -0.124. The van der Waals surface area contributed by atoms with E-state index in [0.717, 1.165) is 31.7 Å². The van der Waals surface area contributed by atoms with Crippen LogP contribution in [0.1, 0.15) is 33.6 Å². The second-order valence-electron chi connectivity index (χ2n) is 6.48. The van der Waals surface area contributed by atoms with E-state index < -0.39 is 0 Å². The van der Waals surface area contributed by atoms with Crippen molar-refractivity contribution in [2.75, 3.05) is 39.4 Å². The maximum atomic E-state index is 12.3. The quantitative estimate of drug-likeness (QED) is 0.756. The summed E-state index contributed by atoms with van der Waals surface area (Å²) < 4.78 is 10.9. The molecular formula is C20H31N3O4. The zero-order valence-electron chi connectivity index (χ0n) is 16.6. The standard InChI is InChI=1S/C20H31N3O4/c1-4-22(5-2)20(25)23-13-11-16(12-14-23)21-19(24)15-27-18-9-7-17(8-10-18)26-6-3/h7-10,16H,4-6,11-15H2,1-3H3,(H,21,24). The molecule has 27 heavy (non-hydrogen) atoms. The van der Waals surface area contributed by atoms with Crippen molar-refractivity contribution < 1.29 is 19.1 Å². The van der Waals surface area contributed by atoms with Crippen LogP contribution in [0.5, 0.6) is 11.5 Å². The highest BCUT2D eigenvalue weighted by molar-refractivity contribution is 5.78. The number of nitrogens with one attached hydrogen (secondary N) is 1. The van der Waals surface area contributed by atoms with E-state index in [1.807, 2.05) is 42.7 Å². The van der Waals surface area contributed by atoms with E-state index >= 15 is 0 Å². The molecule has 1 aromatic rings. The van der Waals surface area contributed by atoms with Crippen LogP contribution in [0, 0.1) is 0 Å². The summed E-state index contributed by atoms with van der Waals surface area (Å²) in [6.07, 6.45) is 1.53. The molecule has 0 aliphatic carbocycles. The number of urea groups is 1. The maximum absolute atomic E-state index is 12.3. The predicted molar refractivity (Wildman–Crippen MR) is 104 cm³/mol. The molecule has 150 valence electrons. The summed E-state index contributed by atoms with van der Waals surface area (Å²) in [5.74, 6) is 1.27. The van der Waals surface area contributed by atoms with Gasteiger partial charge in [0.25, 0.3) is 5.91 Å². The van der Waals surface area contributed by atoms with Crippen LogP contribution in [0.4, 0.5) is 4.79 Å². The molecule has 1 aromatic carbocycles. The summed E-state index contributed by atoms with van der Waals surface area (Å²) in [6, 6.07) is 7.38. The number of hydrogen-bond donors (Lipinski definition) is 1. The van der Waals surface area contributed by atoms with E-state index in [1.165, 1.54) is 0 Å². The lowest BCUT2D eigenvalue weighted by atomic mass is 10.1. The van der Waals surface area contributed by atoms with Gasteiger partial charge in [0, 0.05) is 32.2 Å². The van der Waals surface area contributed by atoms with Crippen LogP contribution >= 0.6 is 0 Å². The first kappa shape index (κ1) is 20.9. The molecule has 0 bridgehead atoms. The van der Waals surface area contributed by atoms with Gasteiger partial charge in [-0.15, -0.1) is 0 Å². The highest BCUT2D eigenvalue weighted by atomic mass is 16.5. The molecule has 0 spiro atoms. The van der Waals surface area contributed by atoms with E-state index in [1.54, 1.807) is 12.1 Å². The molecule has 3 amide bonds. The van der Waals surface area contributed by atoms with E-state index in [-0.39, 0.29) is 24.6 Å². The van der Waals surface area contributed by atoms with Gasteiger partial charge >= 0.3 is 6.03 Å². The van der Waals surface area contributed by atoms with Gasteiger partial charge in [-0.25, -0.2) is 4.79 Å². The molecular weight excluding hydrogens is 346 g/mol. The lowest BCUT2D eigenvalue weighted by Gasteiger charge is -2.35. The van der Waals surface area contributed by atoms with Crippen molar-refractivity contribution in [3.8, 4) is 11.5 Å². The average Bonchev–Trinajstić information content (AvgIpc) is 2.69. The Morgan fingerprint density at radius 2 is 1.59 bits per heavy atom. The van der Waals surface area contributed by atoms with Crippen LogP contribution < -0.4 is 14.8 Å². The molecule has 0 saturated carbocycles. The number of piperidine rings is 1. The van der Waals surface area contributed by atoms with Crippen molar-refractivity contribution in [3.63, 3.8) is 0 Å².